The molecule has 0 spiro atoms. The van der Waals surface area contributed by atoms with Crippen molar-refractivity contribution in [2.75, 3.05) is 17.6 Å². The molecule has 4 N–H and O–H groups in total. The SMILES string of the molecule is Nc1nc(NCC2(O)CCCc3ccccc32)cc(-n2cccn2)n1. The fourth-order valence-electron chi connectivity index (χ4n) is 3.38. The van der Waals surface area contributed by atoms with Crippen molar-refractivity contribution < 1.29 is 5.11 Å². The van der Waals surface area contributed by atoms with Crippen molar-refractivity contribution in [2.45, 2.75) is 24.9 Å². The van der Waals surface area contributed by atoms with E-state index < -0.39 is 5.60 Å². The van der Waals surface area contributed by atoms with Crippen molar-refractivity contribution in [3.05, 3.63) is 59.9 Å². The predicted molar refractivity (Wildman–Crippen MR) is 95.3 cm³/mol. The molecule has 3 aromatic rings. The normalized spacial score (nSPS) is 19.4. The van der Waals surface area contributed by atoms with Gasteiger partial charge in [0, 0.05) is 25.0 Å². The number of nitrogens with two attached hydrogens (primary N) is 1. The summed E-state index contributed by atoms with van der Waals surface area (Å²) in [4.78, 5) is 8.41. The fourth-order valence-corrected chi connectivity index (χ4v) is 3.38. The van der Waals surface area contributed by atoms with E-state index >= 15 is 0 Å². The van der Waals surface area contributed by atoms with Gasteiger partial charge in [0.2, 0.25) is 5.95 Å². The van der Waals surface area contributed by atoms with Gasteiger partial charge in [-0.05, 0) is 36.5 Å². The third kappa shape index (κ3) is 3.06. The standard InChI is InChI=1S/C18H20N6O/c19-17-22-15(11-16(23-17)24-10-4-9-21-24)20-12-18(25)8-3-6-13-5-1-2-7-14(13)18/h1-2,4-5,7,9-11,25H,3,6,8,12H2,(H3,19,20,22,23). The lowest BCUT2D eigenvalue weighted by Gasteiger charge is -2.34. The lowest BCUT2D eigenvalue weighted by molar-refractivity contribution is 0.0322. The molecule has 7 heteroatoms. The number of anilines is 2. The third-order valence-corrected chi connectivity index (χ3v) is 4.59. The summed E-state index contributed by atoms with van der Waals surface area (Å²) < 4.78 is 1.62. The Morgan fingerprint density at radius 3 is 2.96 bits per heavy atom. The highest BCUT2D eigenvalue weighted by Gasteiger charge is 2.34. The minimum atomic E-state index is -0.916. The summed E-state index contributed by atoms with van der Waals surface area (Å²) in [6.45, 7) is 0.360. The zero-order valence-corrected chi connectivity index (χ0v) is 13.8. The summed E-state index contributed by atoms with van der Waals surface area (Å²) in [5.74, 6) is 1.30. The number of aryl methyl sites for hydroxylation is 1. The smallest absolute Gasteiger partial charge is 0.224 e. The quantitative estimate of drug-likeness (QED) is 0.672. The van der Waals surface area contributed by atoms with Gasteiger partial charge in [0.25, 0.3) is 0 Å². The van der Waals surface area contributed by atoms with Gasteiger partial charge in [0.1, 0.15) is 11.4 Å². The van der Waals surface area contributed by atoms with Crippen molar-refractivity contribution in [3.8, 4) is 5.82 Å². The highest BCUT2D eigenvalue weighted by Crippen LogP contribution is 2.35. The molecule has 2 aromatic heterocycles. The second-order valence-corrected chi connectivity index (χ2v) is 6.32. The first-order valence-corrected chi connectivity index (χ1v) is 8.33. The summed E-state index contributed by atoms with van der Waals surface area (Å²) in [7, 11) is 0. The highest BCUT2D eigenvalue weighted by atomic mass is 16.3. The molecule has 7 nitrogen and oxygen atoms in total. The van der Waals surface area contributed by atoms with Gasteiger partial charge in [0.15, 0.2) is 5.82 Å². The topological polar surface area (TPSA) is 102 Å². The lowest BCUT2D eigenvalue weighted by atomic mass is 9.79. The molecule has 1 aromatic carbocycles. The second kappa shape index (κ2) is 6.18. The van der Waals surface area contributed by atoms with Crippen molar-refractivity contribution in [2.24, 2.45) is 0 Å². The molecule has 25 heavy (non-hydrogen) atoms. The number of aliphatic hydroxyl groups is 1. The molecule has 0 aliphatic heterocycles. The molecule has 0 saturated heterocycles. The van der Waals surface area contributed by atoms with Crippen LogP contribution >= 0.6 is 0 Å². The molecule has 1 aliphatic carbocycles. The first kappa shape index (κ1) is 15.6. The van der Waals surface area contributed by atoms with E-state index in [4.69, 9.17) is 5.73 Å². The summed E-state index contributed by atoms with van der Waals surface area (Å²) in [6.07, 6.45) is 6.13. The van der Waals surface area contributed by atoms with Gasteiger partial charge >= 0.3 is 0 Å². The molecule has 1 aliphatic rings. The number of aromatic nitrogens is 4. The average Bonchev–Trinajstić information content (AvgIpc) is 3.15. The highest BCUT2D eigenvalue weighted by molar-refractivity contribution is 5.46. The van der Waals surface area contributed by atoms with Crippen LogP contribution in [0.2, 0.25) is 0 Å². The molecule has 128 valence electrons. The van der Waals surface area contributed by atoms with E-state index in [0.29, 0.717) is 24.6 Å². The van der Waals surface area contributed by atoms with Crippen LogP contribution in [0.4, 0.5) is 11.8 Å². The Morgan fingerprint density at radius 1 is 1.24 bits per heavy atom. The molecular formula is C18H20N6O. The van der Waals surface area contributed by atoms with Crippen LogP contribution in [0, 0.1) is 0 Å². The number of nitrogens with zero attached hydrogens (tertiary/aromatic N) is 4. The van der Waals surface area contributed by atoms with Gasteiger partial charge in [-0.1, -0.05) is 24.3 Å². The summed E-state index contributed by atoms with van der Waals surface area (Å²) >= 11 is 0. The van der Waals surface area contributed by atoms with Crippen LogP contribution in [-0.4, -0.2) is 31.4 Å². The Labute approximate surface area is 145 Å². The molecule has 0 bridgehead atoms. The molecule has 0 radical (unpaired) electrons. The maximum absolute atomic E-state index is 11.2. The molecule has 0 amide bonds. The van der Waals surface area contributed by atoms with Crippen LogP contribution in [0.15, 0.2) is 48.8 Å². The summed E-state index contributed by atoms with van der Waals surface area (Å²) in [6, 6.07) is 11.6. The first-order chi connectivity index (χ1) is 12.1. The molecule has 2 heterocycles. The number of nitrogens with one attached hydrogen (secondary N) is 1. The molecule has 4 rings (SSSR count). The molecule has 0 saturated carbocycles. The monoisotopic (exact) mass is 336 g/mol. The van der Waals surface area contributed by atoms with Gasteiger partial charge in [-0.15, -0.1) is 0 Å². The number of benzene rings is 1. The maximum atomic E-state index is 11.2. The molecule has 0 fully saturated rings. The number of nitrogen functional groups attached to an aromatic ring is 1. The van der Waals surface area contributed by atoms with E-state index in [-0.39, 0.29) is 5.95 Å². The van der Waals surface area contributed by atoms with E-state index in [9.17, 15) is 5.11 Å². The van der Waals surface area contributed by atoms with E-state index in [1.807, 2.05) is 24.3 Å². The Morgan fingerprint density at radius 2 is 2.12 bits per heavy atom. The summed E-state index contributed by atoms with van der Waals surface area (Å²) in [5, 5.41) is 18.5. The Hall–Kier alpha value is -2.93. The van der Waals surface area contributed by atoms with Crippen LogP contribution in [0.3, 0.4) is 0 Å². The number of hydrogen-bond acceptors (Lipinski definition) is 6. The fraction of sp³-hybridized carbons (Fsp3) is 0.278. The van der Waals surface area contributed by atoms with E-state index in [0.717, 1.165) is 18.4 Å². The number of hydrogen-bond donors (Lipinski definition) is 3. The Kier molecular flexibility index (Phi) is 3.85. The zero-order valence-electron chi connectivity index (χ0n) is 13.8. The lowest BCUT2D eigenvalue weighted by Crippen LogP contribution is -2.37. The van der Waals surface area contributed by atoms with Gasteiger partial charge in [-0.25, -0.2) is 4.68 Å². The maximum Gasteiger partial charge on any atom is 0.224 e. The first-order valence-electron chi connectivity index (χ1n) is 8.33. The Balaban J connectivity index is 1.58. The van der Waals surface area contributed by atoms with Gasteiger partial charge in [-0.2, -0.15) is 15.1 Å². The third-order valence-electron chi connectivity index (χ3n) is 4.59. The van der Waals surface area contributed by atoms with E-state index in [2.05, 4.69) is 26.4 Å². The van der Waals surface area contributed by atoms with Crippen LogP contribution < -0.4 is 11.1 Å². The van der Waals surface area contributed by atoms with E-state index in [1.54, 1.807) is 23.1 Å². The van der Waals surface area contributed by atoms with Gasteiger partial charge < -0.3 is 16.2 Å². The average molecular weight is 336 g/mol. The van der Waals surface area contributed by atoms with Crippen molar-refractivity contribution >= 4 is 11.8 Å². The second-order valence-electron chi connectivity index (χ2n) is 6.32. The van der Waals surface area contributed by atoms with Crippen LogP contribution in [0.5, 0.6) is 0 Å². The number of rotatable bonds is 4. The van der Waals surface area contributed by atoms with Gasteiger partial charge in [0.05, 0.1) is 0 Å². The van der Waals surface area contributed by atoms with Crippen molar-refractivity contribution in [3.63, 3.8) is 0 Å². The minimum absolute atomic E-state index is 0.159. The number of fused-ring (bicyclic) bond motifs is 1. The minimum Gasteiger partial charge on any atom is -0.383 e. The zero-order chi connectivity index (χ0) is 17.3. The van der Waals surface area contributed by atoms with Crippen molar-refractivity contribution in [1.29, 1.82) is 0 Å². The molecular weight excluding hydrogens is 316 g/mol. The van der Waals surface area contributed by atoms with Crippen LogP contribution in [-0.2, 0) is 12.0 Å². The molecule has 1 unspecified atom stereocenters. The Bertz CT molecular complexity index is 879. The van der Waals surface area contributed by atoms with Crippen LogP contribution in [0.1, 0.15) is 24.0 Å². The summed E-state index contributed by atoms with van der Waals surface area (Å²) in [5.41, 5.74) is 7.10. The van der Waals surface area contributed by atoms with Crippen molar-refractivity contribution in [1.82, 2.24) is 19.7 Å². The van der Waals surface area contributed by atoms with Gasteiger partial charge in [-0.3, -0.25) is 0 Å². The predicted octanol–water partition coefficient (Wildman–Crippen LogP) is 1.88. The molecule has 1 atom stereocenters. The van der Waals surface area contributed by atoms with E-state index in [1.165, 1.54) is 5.56 Å². The van der Waals surface area contributed by atoms with Crippen LogP contribution in [0.25, 0.3) is 5.82 Å². The largest absolute Gasteiger partial charge is 0.383 e.